The lowest BCUT2D eigenvalue weighted by Crippen LogP contribution is -2.29. The Morgan fingerprint density at radius 2 is 2.15 bits per heavy atom. The molecule has 1 saturated heterocycles. The van der Waals surface area contributed by atoms with E-state index in [4.69, 9.17) is 13.7 Å². The number of rotatable bonds is 5. The quantitative estimate of drug-likeness (QED) is 0.701. The topological polar surface area (TPSA) is 81.6 Å². The van der Waals surface area contributed by atoms with E-state index in [2.05, 4.69) is 10.1 Å². The molecule has 1 fully saturated rings. The average Bonchev–Trinajstić information content (AvgIpc) is 3.41. The second-order valence-corrected chi connectivity index (χ2v) is 6.26. The van der Waals surface area contributed by atoms with Gasteiger partial charge in [-0.3, -0.25) is 4.79 Å². The number of ether oxygens (including phenoxy) is 1. The number of aromatic nitrogens is 2. The van der Waals surface area contributed by atoms with Gasteiger partial charge in [-0.2, -0.15) is 4.98 Å². The standard InChI is InChI=1S/C19H19N3O4/c1-24-15-6-4-13(5-7-15)19-20-17(26-21-19)11-18(23)22-9-8-14(12-22)16-3-2-10-25-16/h2-7,10,14H,8-9,11-12H2,1H3. The Kier molecular flexibility index (Phi) is 4.43. The van der Waals surface area contributed by atoms with Crippen LogP contribution in [0.15, 0.2) is 51.6 Å². The summed E-state index contributed by atoms with van der Waals surface area (Å²) in [5.74, 6) is 2.72. The summed E-state index contributed by atoms with van der Waals surface area (Å²) in [4.78, 5) is 18.7. The molecule has 1 aliphatic heterocycles. The van der Waals surface area contributed by atoms with Crippen molar-refractivity contribution in [1.29, 1.82) is 0 Å². The fourth-order valence-electron chi connectivity index (χ4n) is 3.17. The smallest absolute Gasteiger partial charge is 0.236 e. The summed E-state index contributed by atoms with van der Waals surface area (Å²) < 4.78 is 15.8. The molecule has 1 aliphatic rings. The van der Waals surface area contributed by atoms with E-state index in [0.29, 0.717) is 24.8 Å². The number of carbonyl (C=O) groups is 1. The van der Waals surface area contributed by atoms with Gasteiger partial charge < -0.3 is 18.6 Å². The molecule has 0 aliphatic carbocycles. The number of carbonyl (C=O) groups excluding carboxylic acids is 1. The molecule has 0 saturated carbocycles. The van der Waals surface area contributed by atoms with Crippen molar-refractivity contribution in [2.45, 2.75) is 18.8 Å². The summed E-state index contributed by atoms with van der Waals surface area (Å²) in [6, 6.07) is 11.2. The molecule has 7 heteroatoms. The highest BCUT2D eigenvalue weighted by atomic mass is 16.5. The van der Waals surface area contributed by atoms with E-state index in [-0.39, 0.29) is 18.2 Å². The molecule has 0 N–H and O–H groups in total. The van der Waals surface area contributed by atoms with Crippen LogP contribution in [0.2, 0.25) is 0 Å². The first-order valence-corrected chi connectivity index (χ1v) is 8.51. The van der Waals surface area contributed by atoms with Crippen molar-refractivity contribution < 1.29 is 18.5 Å². The third kappa shape index (κ3) is 3.33. The van der Waals surface area contributed by atoms with Crippen LogP contribution in [0.4, 0.5) is 0 Å². The van der Waals surface area contributed by atoms with E-state index in [1.54, 1.807) is 13.4 Å². The van der Waals surface area contributed by atoms with Crippen molar-refractivity contribution in [3.8, 4) is 17.1 Å². The van der Waals surface area contributed by atoms with E-state index in [1.165, 1.54) is 0 Å². The molecule has 4 rings (SSSR count). The molecule has 0 bridgehead atoms. The molecule has 1 amide bonds. The zero-order valence-electron chi connectivity index (χ0n) is 14.4. The summed E-state index contributed by atoms with van der Waals surface area (Å²) in [5, 5.41) is 3.96. The van der Waals surface area contributed by atoms with Gasteiger partial charge in [0.2, 0.25) is 17.6 Å². The van der Waals surface area contributed by atoms with Crippen molar-refractivity contribution in [2.75, 3.05) is 20.2 Å². The van der Waals surface area contributed by atoms with Crippen LogP contribution in [0.25, 0.3) is 11.4 Å². The molecule has 1 atom stereocenters. The van der Waals surface area contributed by atoms with Gasteiger partial charge in [-0.25, -0.2) is 0 Å². The van der Waals surface area contributed by atoms with Crippen molar-refractivity contribution in [3.63, 3.8) is 0 Å². The number of nitrogens with zero attached hydrogens (tertiary/aromatic N) is 3. The number of furan rings is 1. The normalized spacial score (nSPS) is 16.8. The van der Waals surface area contributed by atoms with Crippen molar-refractivity contribution in [2.24, 2.45) is 0 Å². The third-order valence-electron chi connectivity index (χ3n) is 4.61. The second kappa shape index (κ2) is 7.03. The highest BCUT2D eigenvalue weighted by Crippen LogP contribution is 2.28. The Morgan fingerprint density at radius 1 is 1.31 bits per heavy atom. The molecule has 0 spiro atoms. The maximum Gasteiger partial charge on any atom is 0.236 e. The Labute approximate surface area is 150 Å². The zero-order chi connectivity index (χ0) is 17.9. The summed E-state index contributed by atoms with van der Waals surface area (Å²) >= 11 is 0. The highest BCUT2D eigenvalue weighted by Gasteiger charge is 2.29. The Balaban J connectivity index is 1.38. The predicted molar refractivity (Wildman–Crippen MR) is 92.6 cm³/mol. The molecule has 3 heterocycles. The largest absolute Gasteiger partial charge is 0.497 e. The highest BCUT2D eigenvalue weighted by molar-refractivity contribution is 5.78. The number of hydrogen-bond acceptors (Lipinski definition) is 6. The first kappa shape index (κ1) is 16.4. The van der Waals surface area contributed by atoms with Crippen LogP contribution in [-0.4, -0.2) is 41.1 Å². The molecule has 1 unspecified atom stereocenters. The Morgan fingerprint density at radius 3 is 2.88 bits per heavy atom. The van der Waals surface area contributed by atoms with Crippen molar-refractivity contribution >= 4 is 5.91 Å². The van der Waals surface area contributed by atoms with E-state index in [9.17, 15) is 4.79 Å². The summed E-state index contributed by atoms with van der Waals surface area (Å²) in [6.45, 7) is 1.37. The van der Waals surface area contributed by atoms with Gasteiger partial charge in [0.1, 0.15) is 17.9 Å². The molecule has 1 aromatic carbocycles. The van der Waals surface area contributed by atoms with Gasteiger partial charge in [0, 0.05) is 24.6 Å². The van der Waals surface area contributed by atoms with E-state index in [0.717, 1.165) is 23.5 Å². The monoisotopic (exact) mass is 353 g/mol. The number of amides is 1. The summed E-state index contributed by atoms with van der Waals surface area (Å²) in [5.41, 5.74) is 0.812. The van der Waals surface area contributed by atoms with Gasteiger partial charge in [0.05, 0.1) is 13.4 Å². The Hall–Kier alpha value is -3.09. The minimum atomic E-state index is -0.0102. The van der Waals surface area contributed by atoms with Crippen LogP contribution >= 0.6 is 0 Å². The minimum absolute atomic E-state index is 0.0102. The number of benzene rings is 1. The molecule has 26 heavy (non-hydrogen) atoms. The van der Waals surface area contributed by atoms with Gasteiger partial charge >= 0.3 is 0 Å². The van der Waals surface area contributed by atoms with E-state index >= 15 is 0 Å². The molecule has 3 aromatic rings. The maximum absolute atomic E-state index is 12.5. The van der Waals surface area contributed by atoms with Gasteiger partial charge in [0.15, 0.2) is 0 Å². The zero-order valence-corrected chi connectivity index (χ0v) is 14.4. The molecule has 134 valence electrons. The first-order valence-electron chi connectivity index (χ1n) is 8.51. The Bertz CT molecular complexity index is 871. The van der Waals surface area contributed by atoms with Crippen LogP contribution in [0.1, 0.15) is 24.0 Å². The van der Waals surface area contributed by atoms with Gasteiger partial charge in [-0.05, 0) is 42.8 Å². The van der Waals surface area contributed by atoms with Crippen LogP contribution in [0.3, 0.4) is 0 Å². The van der Waals surface area contributed by atoms with Crippen molar-refractivity contribution in [1.82, 2.24) is 15.0 Å². The molecule has 2 aromatic heterocycles. The lowest BCUT2D eigenvalue weighted by Gasteiger charge is -2.14. The number of hydrogen-bond donors (Lipinski definition) is 0. The fourth-order valence-corrected chi connectivity index (χ4v) is 3.17. The summed E-state index contributed by atoms with van der Waals surface area (Å²) in [6.07, 6.45) is 2.67. The molecule has 0 radical (unpaired) electrons. The summed E-state index contributed by atoms with van der Waals surface area (Å²) in [7, 11) is 1.61. The lowest BCUT2D eigenvalue weighted by atomic mass is 10.1. The van der Waals surface area contributed by atoms with Crippen LogP contribution < -0.4 is 4.74 Å². The molecular weight excluding hydrogens is 334 g/mol. The predicted octanol–water partition coefficient (Wildman–Crippen LogP) is 2.90. The SMILES string of the molecule is COc1ccc(-c2noc(CC(=O)N3CCC(c4ccco4)C3)n2)cc1. The van der Waals surface area contributed by atoms with Crippen LogP contribution in [-0.2, 0) is 11.2 Å². The minimum Gasteiger partial charge on any atom is -0.497 e. The fraction of sp³-hybridized carbons (Fsp3) is 0.316. The number of likely N-dealkylation sites (tertiary alicyclic amines) is 1. The van der Waals surface area contributed by atoms with Gasteiger partial charge in [-0.15, -0.1) is 0 Å². The van der Waals surface area contributed by atoms with E-state index < -0.39 is 0 Å². The maximum atomic E-state index is 12.5. The van der Waals surface area contributed by atoms with Crippen LogP contribution in [0.5, 0.6) is 5.75 Å². The van der Waals surface area contributed by atoms with Crippen molar-refractivity contribution in [3.05, 3.63) is 54.3 Å². The third-order valence-corrected chi connectivity index (χ3v) is 4.61. The van der Waals surface area contributed by atoms with Gasteiger partial charge in [0.25, 0.3) is 0 Å². The van der Waals surface area contributed by atoms with E-state index in [1.807, 2.05) is 41.3 Å². The molecule has 7 nitrogen and oxygen atoms in total. The van der Waals surface area contributed by atoms with Gasteiger partial charge in [-0.1, -0.05) is 5.16 Å². The first-order chi connectivity index (χ1) is 12.7. The van der Waals surface area contributed by atoms with Crippen LogP contribution in [0, 0.1) is 0 Å². The average molecular weight is 353 g/mol. The number of methoxy groups -OCH3 is 1. The lowest BCUT2D eigenvalue weighted by molar-refractivity contribution is -0.129. The molecular formula is C19H19N3O4. The second-order valence-electron chi connectivity index (χ2n) is 6.26.